The van der Waals surface area contributed by atoms with Gasteiger partial charge in [-0.25, -0.2) is 4.79 Å². The number of ether oxygens (including phenoxy) is 1. The molecular weight excluding hydrogens is 422 g/mol. The van der Waals surface area contributed by atoms with Crippen molar-refractivity contribution in [2.24, 2.45) is 5.92 Å². The van der Waals surface area contributed by atoms with Crippen LogP contribution in [0.1, 0.15) is 47.6 Å². The number of rotatable bonds is 7. The van der Waals surface area contributed by atoms with Crippen LogP contribution in [-0.2, 0) is 23.2 Å². The average molecular weight is 454 g/mol. The van der Waals surface area contributed by atoms with Crippen LogP contribution in [0.2, 0.25) is 0 Å². The molecule has 0 bridgehead atoms. The quantitative estimate of drug-likeness (QED) is 0.441. The predicted molar refractivity (Wildman–Crippen MR) is 136 cm³/mol. The summed E-state index contributed by atoms with van der Waals surface area (Å²) in [6.07, 6.45) is 7.67. The van der Waals surface area contributed by atoms with Crippen molar-refractivity contribution in [3.05, 3.63) is 101 Å². The summed E-state index contributed by atoms with van der Waals surface area (Å²) >= 11 is 0. The molecule has 3 aromatic rings. The highest BCUT2D eigenvalue weighted by Gasteiger charge is 2.40. The maximum absolute atomic E-state index is 10.9. The van der Waals surface area contributed by atoms with E-state index in [1.54, 1.807) is 13.2 Å². The van der Waals surface area contributed by atoms with E-state index < -0.39 is 5.97 Å². The fourth-order valence-corrected chi connectivity index (χ4v) is 5.23. The number of carbonyl (C=O) groups is 1. The van der Waals surface area contributed by atoms with Crippen LogP contribution < -0.4 is 9.64 Å². The number of methoxy groups -OCH3 is 1. The lowest BCUT2D eigenvalue weighted by atomic mass is 9.76. The minimum absolute atomic E-state index is 0.368. The summed E-state index contributed by atoms with van der Waals surface area (Å²) in [5.41, 5.74) is 6.90. The molecule has 1 saturated carbocycles. The Bertz CT molecular complexity index is 1210. The number of fused-ring (bicyclic) bond motifs is 1. The largest absolute Gasteiger partial charge is 0.497 e. The van der Waals surface area contributed by atoms with E-state index in [4.69, 9.17) is 9.84 Å². The second-order valence-corrected chi connectivity index (χ2v) is 9.60. The van der Waals surface area contributed by atoms with E-state index in [0.29, 0.717) is 0 Å². The lowest BCUT2D eigenvalue weighted by Gasteiger charge is -2.48. The van der Waals surface area contributed by atoms with Gasteiger partial charge in [0, 0.05) is 18.3 Å². The van der Waals surface area contributed by atoms with Crippen molar-refractivity contribution in [2.45, 2.75) is 38.1 Å². The van der Waals surface area contributed by atoms with E-state index in [0.717, 1.165) is 30.2 Å². The highest BCUT2D eigenvalue weighted by molar-refractivity contribution is 5.85. The number of aliphatic carboxylic acids is 1. The lowest BCUT2D eigenvalue weighted by Crippen LogP contribution is -2.49. The molecular formula is C30H31NO3. The summed E-state index contributed by atoms with van der Waals surface area (Å²) in [7, 11) is 1.71. The normalized spacial score (nSPS) is 19.8. The zero-order chi connectivity index (χ0) is 23.7. The SMILES string of the molecule is COc1ccc2c(c1)CCN(c1ccc(CC3CC3)cc1)C2(C)c1ccc(/C=C/C(=O)O)cc1. The molecule has 4 heteroatoms. The van der Waals surface area contributed by atoms with Gasteiger partial charge in [0.25, 0.3) is 0 Å². The maximum atomic E-state index is 10.9. The smallest absolute Gasteiger partial charge is 0.328 e. The first kappa shape index (κ1) is 22.3. The summed E-state index contributed by atoms with van der Waals surface area (Å²) in [5.74, 6) is 0.817. The van der Waals surface area contributed by atoms with E-state index in [1.807, 2.05) is 18.2 Å². The van der Waals surface area contributed by atoms with Gasteiger partial charge in [0.05, 0.1) is 12.6 Å². The molecule has 174 valence electrons. The van der Waals surface area contributed by atoms with Crippen molar-refractivity contribution >= 4 is 17.7 Å². The fraction of sp³-hybridized carbons (Fsp3) is 0.300. The second-order valence-electron chi connectivity index (χ2n) is 9.60. The molecule has 0 aromatic heterocycles. The molecule has 1 atom stereocenters. The molecule has 3 aromatic carbocycles. The highest BCUT2D eigenvalue weighted by atomic mass is 16.5. The summed E-state index contributed by atoms with van der Waals surface area (Å²) in [6.45, 7) is 3.19. The van der Waals surface area contributed by atoms with Crippen molar-refractivity contribution in [1.29, 1.82) is 0 Å². The van der Waals surface area contributed by atoms with Crippen LogP contribution in [0.25, 0.3) is 6.08 Å². The molecule has 2 aliphatic rings. The topological polar surface area (TPSA) is 49.8 Å². The third-order valence-electron chi connectivity index (χ3n) is 7.34. The van der Waals surface area contributed by atoms with Crippen LogP contribution in [0.4, 0.5) is 5.69 Å². The van der Waals surface area contributed by atoms with Gasteiger partial charge in [-0.05, 0) is 96.7 Å². The summed E-state index contributed by atoms with van der Waals surface area (Å²) in [5, 5.41) is 8.95. The predicted octanol–water partition coefficient (Wildman–Crippen LogP) is 6.07. The zero-order valence-corrected chi connectivity index (χ0v) is 19.8. The number of hydrogen-bond acceptors (Lipinski definition) is 3. The Hall–Kier alpha value is -3.53. The second kappa shape index (κ2) is 9.02. The Labute approximate surface area is 201 Å². The summed E-state index contributed by atoms with van der Waals surface area (Å²) in [4.78, 5) is 13.4. The van der Waals surface area contributed by atoms with E-state index in [-0.39, 0.29) is 5.54 Å². The van der Waals surface area contributed by atoms with Gasteiger partial charge in [0.2, 0.25) is 0 Å². The molecule has 4 nitrogen and oxygen atoms in total. The molecule has 34 heavy (non-hydrogen) atoms. The van der Waals surface area contributed by atoms with Crippen LogP contribution in [0, 0.1) is 5.92 Å². The van der Waals surface area contributed by atoms with Gasteiger partial charge in [-0.3, -0.25) is 0 Å². The highest BCUT2D eigenvalue weighted by Crippen LogP contribution is 2.44. The number of benzene rings is 3. The van der Waals surface area contributed by atoms with E-state index >= 15 is 0 Å². The van der Waals surface area contributed by atoms with Crippen LogP contribution in [0.15, 0.2) is 72.8 Å². The Morgan fingerprint density at radius 3 is 2.47 bits per heavy atom. The van der Waals surface area contributed by atoms with Gasteiger partial charge in [0.15, 0.2) is 0 Å². The van der Waals surface area contributed by atoms with Crippen molar-refractivity contribution in [3.63, 3.8) is 0 Å². The maximum Gasteiger partial charge on any atom is 0.328 e. The van der Waals surface area contributed by atoms with Crippen molar-refractivity contribution < 1.29 is 14.6 Å². The monoisotopic (exact) mass is 453 g/mol. The summed E-state index contributed by atoms with van der Waals surface area (Å²) < 4.78 is 5.51. The van der Waals surface area contributed by atoms with E-state index in [9.17, 15) is 4.79 Å². The first-order valence-electron chi connectivity index (χ1n) is 12.0. The number of carboxylic acid groups (broad SMARTS) is 1. The Morgan fingerprint density at radius 1 is 1.09 bits per heavy atom. The molecule has 0 amide bonds. The molecule has 1 heterocycles. The van der Waals surface area contributed by atoms with Gasteiger partial charge in [0.1, 0.15) is 5.75 Å². The van der Waals surface area contributed by atoms with Crippen molar-refractivity contribution in [2.75, 3.05) is 18.6 Å². The molecule has 0 radical (unpaired) electrons. The number of anilines is 1. The number of hydrogen-bond donors (Lipinski definition) is 1. The third kappa shape index (κ3) is 4.33. The van der Waals surface area contributed by atoms with Crippen LogP contribution >= 0.6 is 0 Å². The Morgan fingerprint density at radius 2 is 1.82 bits per heavy atom. The minimum atomic E-state index is -0.942. The van der Waals surface area contributed by atoms with Crippen LogP contribution in [0.5, 0.6) is 5.75 Å². The van der Waals surface area contributed by atoms with E-state index in [2.05, 4.69) is 60.4 Å². The summed E-state index contributed by atoms with van der Waals surface area (Å²) in [6, 6.07) is 23.8. The molecule has 0 saturated heterocycles. The Balaban J connectivity index is 1.55. The van der Waals surface area contributed by atoms with Crippen molar-refractivity contribution in [3.8, 4) is 5.75 Å². The number of nitrogens with zero attached hydrogens (tertiary/aromatic N) is 1. The molecule has 5 rings (SSSR count). The zero-order valence-electron chi connectivity index (χ0n) is 19.8. The molecule has 1 aliphatic carbocycles. The first-order valence-corrected chi connectivity index (χ1v) is 12.0. The minimum Gasteiger partial charge on any atom is -0.497 e. The number of carboxylic acids is 1. The fourth-order valence-electron chi connectivity index (χ4n) is 5.23. The van der Waals surface area contributed by atoms with Gasteiger partial charge < -0.3 is 14.7 Å². The van der Waals surface area contributed by atoms with Crippen LogP contribution in [0.3, 0.4) is 0 Å². The van der Waals surface area contributed by atoms with Gasteiger partial charge in [-0.15, -0.1) is 0 Å². The molecule has 1 aliphatic heterocycles. The van der Waals surface area contributed by atoms with Crippen molar-refractivity contribution in [1.82, 2.24) is 0 Å². The van der Waals surface area contributed by atoms with E-state index in [1.165, 1.54) is 53.3 Å². The third-order valence-corrected chi connectivity index (χ3v) is 7.34. The molecule has 1 unspecified atom stereocenters. The standard InChI is InChI=1S/C30H31NO3/c1-30(25-10-5-21(6-11-25)9-16-29(32)33)28-15-14-27(34-2)20-24(28)17-18-31(30)26-12-7-23(8-13-26)19-22-3-4-22/h5-16,20,22H,3-4,17-19H2,1-2H3,(H,32,33)/b16-9+. The lowest BCUT2D eigenvalue weighted by molar-refractivity contribution is -0.131. The van der Waals surface area contributed by atoms with Gasteiger partial charge in [-0.1, -0.05) is 42.5 Å². The molecule has 0 spiro atoms. The van der Waals surface area contributed by atoms with Gasteiger partial charge >= 0.3 is 5.97 Å². The molecule has 1 fully saturated rings. The molecule has 1 N–H and O–H groups in total. The Kier molecular flexibility index (Phi) is 5.91. The first-order chi connectivity index (χ1) is 16.5. The average Bonchev–Trinajstić information content (AvgIpc) is 3.67. The van der Waals surface area contributed by atoms with Gasteiger partial charge in [-0.2, -0.15) is 0 Å². The van der Waals surface area contributed by atoms with Crippen LogP contribution in [-0.4, -0.2) is 24.7 Å².